The van der Waals surface area contributed by atoms with Crippen molar-refractivity contribution >= 4 is 0 Å². The Hall–Kier alpha value is -2.80. The van der Waals surface area contributed by atoms with Gasteiger partial charge in [-0.05, 0) is 37.5 Å². The van der Waals surface area contributed by atoms with Crippen LogP contribution in [0.5, 0.6) is 6.01 Å². The molecule has 0 N–H and O–H groups in total. The van der Waals surface area contributed by atoms with Crippen LogP contribution in [0.2, 0.25) is 0 Å². The average molecular weight is 351 g/mol. The van der Waals surface area contributed by atoms with Gasteiger partial charge in [0.1, 0.15) is 6.10 Å². The van der Waals surface area contributed by atoms with Crippen molar-refractivity contribution < 1.29 is 9.26 Å². The maximum atomic E-state index is 5.95. The maximum Gasteiger partial charge on any atom is 0.316 e. The molecule has 3 aromatic heterocycles. The first kappa shape index (κ1) is 16.7. The predicted molar refractivity (Wildman–Crippen MR) is 95.4 cm³/mol. The minimum Gasteiger partial charge on any atom is -0.460 e. The van der Waals surface area contributed by atoms with E-state index >= 15 is 0 Å². The van der Waals surface area contributed by atoms with Gasteiger partial charge in [-0.25, -0.2) is 9.97 Å². The molecule has 0 spiro atoms. The summed E-state index contributed by atoms with van der Waals surface area (Å²) >= 11 is 0. The molecule has 1 fully saturated rings. The first-order valence-electron chi connectivity index (χ1n) is 8.80. The summed E-state index contributed by atoms with van der Waals surface area (Å²) in [4.78, 5) is 15.1. The van der Waals surface area contributed by atoms with E-state index in [9.17, 15) is 0 Å². The Morgan fingerprint density at radius 1 is 1.12 bits per heavy atom. The first-order chi connectivity index (χ1) is 12.8. The van der Waals surface area contributed by atoms with Crippen LogP contribution < -0.4 is 4.74 Å². The van der Waals surface area contributed by atoms with E-state index in [1.165, 1.54) is 0 Å². The highest BCUT2D eigenvalue weighted by Crippen LogP contribution is 2.20. The molecule has 1 aliphatic heterocycles. The molecule has 0 bridgehead atoms. The standard InChI is InChI=1S/C19H21N5O2/c1-14-10-18(26-23-14)13-24-8-4-17(5-9-24)25-19-21-11-16(12-22-19)15-2-6-20-7-3-15/h2-3,6-7,10-12,17H,4-5,8-9,13H2,1H3. The Balaban J connectivity index is 1.29. The van der Waals surface area contributed by atoms with Crippen LogP contribution in [0.4, 0.5) is 0 Å². The Kier molecular flexibility index (Phi) is 4.88. The molecule has 4 rings (SSSR count). The summed E-state index contributed by atoms with van der Waals surface area (Å²) in [5.41, 5.74) is 2.92. The fourth-order valence-corrected chi connectivity index (χ4v) is 3.12. The molecule has 7 heteroatoms. The van der Waals surface area contributed by atoms with Crippen molar-refractivity contribution in [1.82, 2.24) is 25.0 Å². The summed E-state index contributed by atoms with van der Waals surface area (Å²) in [5.74, 6) is 0.914. The monoisotopic (exact) mass is 351 g/mol. The highest BCUT2D eigenvalue weighted by atomic mass is 16.5. The molecular formula is C19H21N5O2. The van der Waals surface area contributed by atoms with Gasteiger partial charge in [-0.3, -0.25) is 9.88 Å². The van der Waals surface area contributed by atoms with Crippen molar-refractivity contribution in [3.63, 3.8) is 0 Å². The maximum absolute atomic E-state index is 5.95. The van der Waals surface area contributed by atoms with Gasteiger partial charge in [0.25, 0.3) is 0 Å². The van der Waals surface area contributed by atoms with Crippen molar-refractivity contribution in [2.75, 3.05) is 13.1 Å². The Bertz CT molecular complexity index is 827. The second-order valence-corrected chi connectivity index (χ2v) is 6.52. The fourth-order valence-electron chi connectivity index (χ4n) is 3.12. The molecular weight excluding hydrogens is 330 g/mol. The van der Waals surface area contributed by atoms with Gasteiger partial charge in [0, 0.05) is 49.5 Å². The molecule has 0 radical (unpaired) electrons. The highest BCUT2D eigenvalue weighted by Gasteiger charge is 2.22. The number of likely N-dealkylation sites (tertiary alicyclic amines) is 1. The van der Waals surface area contributed by atoms with Crippen molar-refractivity contribution in [3.8, 4) is 17.1 Å². The van der Waals surface area contributed by atoms with Gasteiger partial charge in [-0.1, -0.05) is 5.16 Å². The summed E-state index contributed by atoms with van der Waals surface area (Å²) < 4.78 is 11.2. The van der Waals surface area contributed by atoms with E-state index in [0.717, 1.165) is 55.1 Å². The summed E-state index contributed by atoms with van der Waals surface area (Å²) in [6.45, 7) is 4.65. The molecule has 3 aromatic rings. The van der Waals surface area contributed by atoms with E-state index in [1.807, 2.05) is 25.1 Å². The second-order valence-electron chi connectivity index (χ2n) is 6.52. The molecule has 0 aliphatic carbocycles. The number of hydrogen-bond acceptors (Lipinski definition) is 7. The Labute approximate surface area is 152 Å². The van der Waals surface area contributed by atoms with Crippen LogP contribution in [0.1, 0.15) is 24.3 Å². The SMILES string of the molecule is Cc1cc(CN2CCC(Oc3ncc(-c4ccncc4)cn3)CC2)on1. The van der Waals surface area contributed by atoms with Gasteiger partial charge in [0.2, 0.25) is 0 Å². The van der Waals surface area contributed by atoms with E-state index in [2.05, 4.69) is 25.0 Å². The van der Waals surface area contributed by atoms with Crippen LogP contribution in [0.25, 0.3) is 11.1 Å². The lowest BCUT2D eigenvalue weighted by molar-refractivity contribution is 0.0845. The van der Waals surface area contributed by atoms with Crippen molar-refractivity contribution in [2.45, 2.75) is 32.4 Å². The normalized spacial score (nSPS) is 15.9. The van der Waals surface area contributed by atoms with Gasteiger partial charge in [0.15, 0.2) is 5.76 Å². The quantitative estimate of drug-likeness (QED) is 0.699. The van der Waals surface area contributed by atoms with E-state index in [4.69, 9.17) is 9.26 Å². The minimum absolute atomic E-state index is 0.148. The molecule has 1 saturated heterocycles. The summed E-state index contributed by atoms with van der Waals surface area (Å²) in [7, 11) is 0. The molecule has 26 heavy (non-hydrogen) atoms. The number of nitrogens with zero attached hydrogens (tertiary/aromatic N) is 5. The lowest BCUT2D eigenvalue weighted by atomic mass is 10.1. The van der Waals surface area contributed by atoms with Crippen LogP contribution in [-0.4, -0.2) is 44.2 Å². The molecule has 0 amide bonds. The summed E-state index contributed by atoms with van der Waals surface area (Å²) in [6, 6.07) is 6.30. The van der Waals surface area contributed by atoms with Crippen molar-refractivity contribution in [2.24, 2.45) is 0 Å². The van der Waals surface area contributed by atoms with Crippen LogP contribution in [-0.2, 0) is 6.54 Å². The van der Waals surface area contributed by atoms with E-state index in [1.54, 1.807) is 24.8 Å². The minimum atomic E-state index is 0.148. The molecule has 4 heterocycles. The predicted octanol–water partition coefficient (Wildman–Crippen LogP) is 2.88. The number of pyridine rings is 1. The molecule has 0 aromatic carbocycles. The number of ether oxygens (including phenoxy) is 1. The third-order valence-corrected chi connectivity index (χ3v) is 4.50. The Morgan fingerprint density at radius 3 is 2.50 bits per heavy atom. The molecule has 7 nitrogen and oxygen atoms in total. The third-order valence-electron chi connectivity index (χ3n) is 4.50. The van der Waals surface area contributed by atoms with E-state index in [0.29, 0.717) is 6.01 Å². The molecule has 0 atom stereocenters. The van der Waals surface area contributed by atoms with E-state index in [-0.39, 0.29) is 6.10 Å². The number of aromatic nitrogens is 4. The lowest BCUT2D eigenvalue weighted by Crippen LogP contribution is -2.37. The molecule has 0 saturated carbocycles. The van der Waals surface area contributed by atoms with E-state index < -0.39 is 0 Å². The van der Waals surface area contributed by atoms with Crippen LogP contribution >= 0.6 is 0 Å². The largest absolute Gasteiger partial charge is 0.460 e. The molecule has 1 aliphatic rings. The summed E-state index contributed by atoms with van der Waals surface area (Å²) in [5, 5.41) is 3.94. The zero-order chi connectivity index (χ0) is 17.8. The number of rotatable bonds is 5. The number of piperidine rings is 1. The van der Waals surface area contributed by atoms with Gasteiger partial charge >= 0.3 is 6.01 Å². The van der Waals surface area contributed by atoms with Gasteiger partial charge in [0.05, 0.1) is 12.2 Å². The second kappa shape index (κ2) is 7.61. The van der Waals surface area contributed by atoms with Gasteiger partial charge in [-0.15, -0.1) is 0 Å². The van der Waals surface area contributed by atoms with Crippen molar-refractivity contribution in [1.29, 1.82) is 0 Å². The first-order valence-corrected chi connectivity index (χ1v) is 8.80. The van der Waals surface area contributed by atoms with Gasteiger partial charge < -0.3 is 9.26 Å². The van der Waals surface area contributed by atoms with Gasteiger partial charge in [-0.2, -0.15) is 0 Å². The average Bonchev–Trinajstić information content (AvgIpc) is 3.09. The van der Waals surface area contributed by atoms with Crippen LogP contribution in [0.3, 0.4) is 0 Å². The smallest absolute Gasteiger partial charge is 0.316 e. The number of hydrogen-bond donors (Lipinski definition) is 0. The molecule has 134 valence electrons. The highest BCUT2D eigenvalue weighted by molar-refractivity contribution is 5.60. The number of aryl methyl sites for hydroxylation is 1. The lowest BCUT2D eigenvalue weighted by Gasteiger charge is -2.30. The molecule has 0 unspecified atom stereocenters. The zero-order valence-electron chi connectivity index (χ0n) is 14.7. The van der Waals surface area contributed by atoms with Crippen LogP contribution in [0, 0.1) is 6.92 Å². The van der Waals surface area contributed by atoms with Crippen LogP contribution in [0.15, 0.2) is 47.5 Å². The zero-order valence-corrected chi connectivity index (χ0v) is 14.7. The summed E-state index contributed by atoms with van der Waals surface area (Å²) in [6.07, 6.45) is 9.14. The fraction of sp³-hybridized carbons (Fsp3) is 0.368. The Morgan fingerprint density at radius 2 is 1.85 bits per heavy atom. The van der Waals surface area contributed by atoms with Crippen molar-refractivity contribution in [3.05, 3.63) is 54.4 Å². The topological polar surface area (TPSA) is 77.2 Å². The third kappa shape index (κ3) is 4.05.